The van der Waals surface area contributed by atoms with Gasteiger partial charge in [-0.05, 0) is 47.0 Å². The molecular weight excluding hydrogens is 462 g/mol. The van der Waals surface area contributed by atoms with Crippen LogP contribution in [0.3, 0.4) is 0 Å². The minimum Gasteiger partial charge on any atom is -0.772 e. The first-order valence-electron chi connectivity index (χ1n) is 11.7. The molecule has 8 heteroatoms. The second kappa shape index (κ2) is 11.6. The van der Waals surface area contributed by atoms with Crippen molar-refractivity contribution in [2.45, 2.75) is 18.6 Å². The average molecular weight is 495 g/mol. The molecule has 0 aliphatic carbocycles. The second-order valence-electron chi connectivity index (χ2n) is 8.61. The Bertz CT molecular complexity index is 1140. The summed E-state index contributed by atoms with van der Waals surface area (Å²) in [5, 5.41) is 6.86. The normalized spacial score (nSPS) is 15.4. The van der Waals surface area contributed by atoms with Crippen LogP contribution in [-0.2, 0) is 16.8 Å². The Morgan fingerprint density at radius 2 is 1.69 bits per heavy atom. The molecule has 1 heterocycles. The highest BCUT2D eigenvalue weighted by Gasteiger charge is 2.23. The summed E-state index contributed by atoms with van der Waals surface area (Å²) >= 11 is -2.23. The van der Waals surface area contributed by atoms with E-state index in [0.29, 0.717) is 0 Å². The molecule has 2 atom stereocenters. The molecule has 35 heavy (non-hydrogen) atoms. The molecule has 0 bridgehead atoms. The van der Waals surface area contributed by atoms with E-state index in [9.17, 15) is 8.76 Å². The molecule has 2 N–H and O–H groups in total. The molecule has 0 saturated carbocycles. The maximum atomic E-state index is 11.8. The van der Waals surface area contributed by atoms with Crippen molar-refractivity contribution in [2.24, 2.45) is 0 Å². The lowest BCUT2D eigenvalue weighted by molar-refractivity contribution is 0.393. The second-order valence-corrected chi connectivity index (χ2v) is 9.51. The Hall–Kier alpha value is -3.07. The highest BCUT2D eigenvalue weighted by molar-refractivity contribution is 7.78. The maximum Gasteiger partial charge on any atom is 0.122 e. The summed E-state index contributed by atoms with van der Waals surface area (Å²) in [6, 6.07) is 19.8. The van der Waals surface area contributed by atoms with Crippen molar-refractivity contribution < 1.29 is 18.2 Å². The highest BCUT2D eigenvalue weighted by atomic mass is 32.2. The zero-order valence-electron chi connectivity index (χ0n) is 20.4. The van der Waals surface area contributed by atoms with Crippen molar-refractivity contribution in [3.63, 3.8) is 0 Å². The van der Waals surface area contributed by atoms with Gasteiger partial charge in [-0.25, -0.2) is 0 Å². The van der Waals surface area contributed by atoms with E-state index >= 15 is 0 Å². The maximum absolute atomic E-state index is 11.8. The molecule has 4 rings (SSSR count). The van der Waals surface area contributed by atoms with Gasteiger partial charge in [0.25, 0.3) is 0 Å². The first-order chi connectivity index (χ1) is 17.0. The number of piperazine rings is 1. The molecule has 2 unspecified atom stereocenters. The van der Waals surface area contributed by atoms with Crippen LogP contribution in [0.1, 0.15) is 29.5 Å². The topological polar surface area (TPSA) is 85.9 Å². The number of para-hydroxylation sites is 1. The first kappa shape index (κ1) is 25.0. The van der Waals surface area contributed by atoms with Crippen LogP contribution in [0, 0.1) is 0 Å². The lowest BCUT2D eigenvalue weighted by Gasteiger charge is -2.34. The molecule has 1 aliphatic heterocycles. The third-order valence-corrected chi connectivity index (χ3v) is 6.92. The van der Waals surface area contributed by atoms with Crippen LogP contribution in [0.5, 0.6) is 11.5 Å². The molecule has 1 saturated heterocycles. The molecule has 0 radical (unpaired) electrons. The zero-order valence-corrected chi connectivity index (χ0v) is 21.2. The molecule has 0 amide bonds. The summed E-state index contributed by atoms with van der Waals surface area (Å²) in [6.07, 6.45) is 0. The van der Waals surface area contributed by atoms with E-state index in [1.165, 1.54) is 0 Å². The Morgan fingerprint density at radius 3 is 2.29 bits per heavy atom. The number of ether oxygens (including phenoxy) is 2. The van der Waals surface area contributed by atoms with E-state index in [1.54, 1.807) is 14.2 Å². The molecule has 1 aliphatic rings. The minimum atomic E-state index is -2.23. The Labute approximate surface area is 209 Å². The van der Waals surface area contributed by atoms with Crippen molar-refractivity contribution in [3.8, 4) is 11.5 Å². The van der Waals surface area contributed by atoms with Crippen molar-refractivity contribution in [1.82, 2.24) is 5.32 Å². The van der Waals surface area contributed by atoms with Gasteiger partial charge in [0.15, 0.2) is 0 Å². The van der Waals surface area contributed by atoms with Gasteiger partial charge in [0.1, 0.15) is 11.5 Å². The molecule has 186 valence electrons. The van der Waals surface area contributed by atoms with Gasteiger partial charge < -0.3 is 29.6 Å². The van der Waals surface area contributed by atoms with Crippen LogP contribution in [0.2, 0.25) is 0 Å². The fourth-order valence-corrected chi connectivity index (χ4v) is 4.97. The summed E-state index contributed by atoms with van der Waals surface area (Å²) in [5.74, 6) is 1.35. The van der Waals surface area contributed by atoms with E-state index in [2.05, 4.69) is 28.5 Å². The number of rotatable bonds is 9. The number of anilines is 3. The lowest BCUT2D eigenvalue weighted by Crippen LogP contribution is -2.44. The summed E-state index contributed by atoms with van der Waals surface area (Å²) in [4.78, 5) is 2.37. The third kappa shape index (κ3) is 6.14. The number of hydrogen-bond acceptors (Lipinski definition) is 7. The molecular formula is C27H32N3O4S-. The Morgan fingerprint density at radius 1 is 1.03 bits per heavy atom. The van der Waals surface area contributed by atoms with Gasteiger partial charge in [-0.15, -0.1) is 0 Å². The summed E-state index contributed by atoms with van der Waals surface area (Å²) < 4.78 is 34.6. The number of nitrogens with one attached hydrogen (secondary N) is 2. The number of methoxy groups -OCH3 is 2. The van der Waals surface area contributed by atoms with Crippen molar-refractivity contribution in [1.29, 1.82) is 0 Å². The van der Waals surface area contributed by atoms with Crippen LogP contribution in [0.15, 0.2) is 60.7 Å². The van der Waals surface area contributed by atoms with Gasteiger partial charge in [0, 0.05) is 61.0 Å². The van der Waals surface area contributed by atoms with Gasteiger partial charge >= 0.3 is 0 Å². The van der Waals surface area contributed by atoms with E-state index in [1.807, 2.05) is 54.6 Å². The summed E-state index contributed by atoms with van der Waals surface area (Å²) in [6.45, 7) is 5.68. The third-order valence-electron chi connectivity index (χ3n) is 6.38. The first-order valence-corrected chi connectivity index (χ1v) is 13.0. The number of benzene rings is 3. The van der Waals surface area contributed by atoms with Crippen LogP contribution in [0.25, 0.3) is 0 Å². The average Bonchev–Trinajstić information content (AvgIpc) is 2.89. The fraction of sp³-hybridized carbons (Fsp3) is 0.333. The predicted octanol–water partition coefficient (Wildman–Crippen LogP) is 4.39. The van der Waals surface area contributed by atoms with E-state index in [0.717, 1.165) is 71.4 Å². The van der Waals surface area contributed by atoms with Crippen LogP contribution >= 0.6 is 0 Å². The number of hydrogen-bond donors (Lipinski definition) is 2. The molecule has 0 aromatic heterocycles. The lowest BCUT2D eigenvalue weighted by atomic mass is 9.89. The predicted molar refractivity (Wildman–Crippen MR) is 141 cm³/mol. The van der Waals surface area contributed by atoms with Crippen molar-refractivity contribution >= 4 is 28.1 Å². The highest BCUT2D eigenvalue weighted by Crippen LogP contribution is 2.39. The zero-order chi connectivity index (χ0) is 24.8. The van der Waals surface area contributed by atoms with Gasteiger partial charge in [0.2, 0.25) is 0 Å². The summed E-state index contributed by atoms with van der Waals surface area (Å²) in [5.41, 5.74) is 5.65. The van der Waals surface area contributed by atoms with E-state index in [4.69, 9.17) is 9.47 Å². The molecule has 3 aromatic rings. The van der Waals surface area contributed by atoms with Gasteiger partial charge in [0.05, 0.1) is 14.2 Å². The standard InChI is InChI=1S/C27H33N3O4S/c1-19(20-13-23(33-2)16-24(14-20)34-3)25-15-21(18-35(31)32)26(29-22-7-5-4-6-8-22)17-27(25)30-11-9-28-10-12-30/h4-8,13-17,19,28-29H,9-12,18H2,1-3H3,(H,31,32)/p-1. The molecule has 3 aromatic carbocycles. The van der Waals surface area contributed by atoms with Crippen molar-refractivity contribution in [2.75, 3.05) is 50.6 Å². The smallest absolute Gasteiger partial charge is 0.122 e. The van der Waals surface area contributed by atoms with Crippen molar-refractivity contribution in [3.05, 3.63) is 77.4 Å². The van der Waals surface area contributed by atoms with Crippen LogP contribution in [0.4, 0.5) is 17.1 Å². The van der Waals surface area contributed by atoms with Gasteiger partial charge in [-0.3, -0.25) is 4.21 Å². The Balaban J connectivity index is 1.84. The van der Waals surface area contributed by atoms with Gasteiger partial charge in [-0.2, -0.15) is 0 Å². The number of nitrogens with zero attached hydrogens (tertiary/aromatic N) is 1. The quantitative estimate of drug-likeness (QED) is 0.427. The van der Waals surface area contributed by atoms with Gasteiger partial charge in [-0.1, -0.05) is 42.3 Å². The molecule has 0 spiro atoms. The van der Waals surface area contributed by atoms with Crippen LogP contribution in [-0.4, -0.2) is 49.2 Å². The fourth-order valence-electron chi connectivity index (χ4n) is 4.48. The Kier molecular flexibility index (Phi) is 8.28. The van der Waals surface area contributed by atoms with E-state index < -0.39 is 11.1 Å². The summed E-state index contributed by atoms with van der Waals surface area (Å²) in [7, 11) is 3.28. The monoisotopic (exact) mass is 494 g/mol. The molecule has 7 nitrogen and oxygen atoms in total. The van der Waals surface area contributed by atoms with E-state index in [-0.39, 0.29) is 11.7 Å². The molecule has 1 fully saturated rings. The van der Waals surface area contributed by atoms with Crippen LogP contribution < -0.4 is 25.0 Å². The SMILES string of the molecule is COc1cc(OC)cc(C(C)c2cc(CS(=O)[O-])c(Nc3ccccc3)cc2N2CCNCC2)c1. The largest absolute Gasteiger partial charge is 0.772 e. The minimum absolute atomic E-state index is 0.0199.